The zero-order valence-electron chi connectivity index (χ0n) is 8.34. The molecule has 2 rings (SSSR count). The topological polar surface area (TPSA) is 60.9 Å². The fourth-order valence-electron chi connectivity index (χ4n) is 1.40. The molecule has 1 aromatic carbocycles. The first-order valence-corrected chi connectivity index (χ1v) is 4.58. The van der Waals surface area contributed by atoms with Gasteiger partial charge in [-0.25, -0.2) is 4.98 Å². The predicted octanol–water partition coefficient (Wildman–Crippen LogP) is 1.46. The van der Waals surface area contributed by atoms with Crippen molar-refractivity contribution in [1.82, 2.24) is 9.55 Å². The van der Waals surface area contributed by atoms with Gasteiger partial charge in [-0.3, -0.25) is 9.36 Å². The van der Waals surface area contributed by atoms with Gasteiger partial charge in [0.1, 0.15) is 5.82 Å². The van der Waals surface area contributed by atoms with Gasteiger partial charge in [0.2, 0.25) is 0 Å². The third kappa shape index (κ3) is 1.74. The highest BCUT2D eigenvalue weighted by Crippen LogP contribution is 2.09. The summed E-state index contributed by atoms with van der Waals surface area (Å²) in [6.45, 7) is 1.78. The number of aromatic nitrogens is 2. The average Bonchev–Trinajstić information content (AvgIpc) is 2.63. The molecule has 0 aliphatic carbocycles. The maximum atomic E-state index is 11.9. The van der Waals surface area contributed by atoms with Gasteiger partial charge in [-0.15, -0.1) is 0 Å². The maximum Gasteiger partial charge on any atom is 0.263 e. The molecule has 15 heavy (non-hydrogen) atoms. The Kier molecular flexibility index (Phi) is 2.25. The van der Waals surface area contributed by atoms with E-state index in [1.54, 1.807) is 43.6 Å². The Bertz CT molecular complexity index is 502. The zero-order valence-corrected chi connectivity index (χ0v) is 8.34. The average molecular weight is 201 g/mol. The van der Waals surface area contributed by atoms with E-state index in [2.05, 4.69) is 4.98 Å². The third-order valence-electron chi connectivity index (χ3n) is 2.18. The van der Waals surface area contributed by atoms with E-state index in [0.717, 1.165) is 0 Å². The smallest absolute Gasteiger partial charge is 0.263 e. The van der Waals surface area contributed by atoms with Crippen LogP contribution in [0.5, 0.6) is 0 Å². The van der Waals surface area contributed by atoms with Crippen molar-refractivity contribution in [3.63, 3.8) is 0 Å². The van der Waals surface area contributed by atoms with E-state index < -0.39 is 0 Å². The van der Waals surface area contributed by atoms with Gasteiger partial charge in [0.15, 0.2) is 0 Å². The van der Waals surface area contributed by atoms with Crippen molar-refractivity contribution < 1.29 is 4.79 Å². The van der Waals surface area contributed by atoms with Crippen LogP contribution in [0.15, 0.2) is 36.7 Å². The Morgan fingerprint density at radius 3 is 2.87 bits per heavy atom. The van der Waals surface area contributed by atoms with E-state index in [9.17, 15) is 4.79 Å². The lowest BCUT2D eigenvalue weighted by Crippen LogP contribution is -2.12. The molecule has 1 aromatic heterocycles. The van der Waals surface area contributed by atoms with Crippen LogP contribution in [-0.2, 0) is 0 Å². The highest BCUT2D eigenvalue weighted by Gasteiger charge is 2.09. The number of benzene rings is 1. The molecule has 0 radical (unpaired) electrons. The molecule has 0 aliphatic heterocycles. The number of nitrogens with zero attached hydrogens (tertiary/aromatic N) is 2. The number of anilines is 1. The monoisotopic (exact) mass is 201 g/mol. The number of rotatable bonds is 1. The molecule has 0 spiro atoms. The maximum absolute atomic E-state index is 11.9. The fourth-order valence-corrected chi connectivity index (χ4v) is 1.40. The predicted molar refractivity (Wildman–Crippen MR) is 57.5 cm³/mol. The van der Waals surface area contributed by atoms with Crippen LogP contribution in [0.2, 0.25) is 0 Å². The van der Waals surface area contributed by atoms with Crippen LogP contribution in [0.25, 0.3) is 0 Å². The molecule has 0 fully saturated rings. The van der Waals surface area contributed by atoms with Gasteiger partial charge < -0.3 is 5.73 Å². The Morgan fingerprint density at radius 1 is 1.47 bits per heavy atom. The first kappa shape index (κ1) is 9.45. The lowest BCUT2D eigenvalue weighted by Gasteiger charge is -2.03. The van der Waals surface area contributed by atoms with E-state index in [-0.39, 0.29) is 5.91 Å². The van der Waals surface area contributed by atoms with Crippen LogP contribution in [0.1, 0.15) is 16.2 Å². The van der Waals surface area contributed by atoms with Crippen LogP contribution in [0, 0.1) is 6.92 Å². The minimum absolute atomic E-state index is 0.114. The van der Waals surface area contributed by atoms with Crippen molar-refractivity contribution in [3.05, 3.63) is 48.0 Å². The minimum Gasteiger partial charge on any atom is -0.399 e. The third-order valence-corrected chi connectivity index (χ3v) is 2.18. The van der Waals surface area contributed by atoms with E-state index >= 15 is 0 Å². The second kappa shape index (κ2) is 3.57. The Morgan fingerprint density at radius 2 is 2.27 bits per heavy atom. The molecule has 1 heterocycles. The molecule has 2 aromatic rings. The van der Waals surface area contributed by atoms with Gasteiger partial charge in [-0.05, 0) is 25.1 Å². The molecular weight excluding hydrogens is 190 g/mol. The standard InChI is InChI=1S/C11H11N3O/c1-8-13-5-6-14(8)11(15)9-3-2-4-10(12)7-9/h2-7H,12H2,1H3. The van der Waals surface area contributed by atoms with Gasteiger partial charge in [-0.1, -0.05) is 6.07 Å². The SMILES string of the molecule is Cc1nccn1C(=O)c1cccc(N)c1. The fraction of sp³-hybridized carbons (Fsp3) is 0.0909. The highest BCUT2D eigenvalue weighted by atomic mass is 16.2. The van der Waals surface area contributed by atoms with Crippen LogP contribution < -0.4 is 5.73 Å². The van der Waals surface area contributed by atoms with Gasteiger partial charge in [0, 0.05) is 23.6 Å². The van der Waals surface area contributed by atoms with Crippen molar-refractivity contribution in [3.8, 4) is 0 Å². The number of imidazole rings is 1. The number of carbonyl (C=O) groups excluding carboxylic acids is 1. The van der Waals surface area contributed by atoms with Crippen LogP contribution in [-0.4, -0.2) is 15.5 Å². The van der Waals surface area contributed by atoms with Gasteiger partial charge in [-0.2, -0.15) is 0 Å². The molecular formula is C11H11N3O. The Balaban J connectivity index is 2.41. The number of nitrogens with two attached hydrogens (primary N) is 1. The van der Waals surface area contributed by atoms with E-state index in [1.807, 2.05) is 0 Å². The number of hydrogen-bond acceptors (Lipinski definition) is 3. The molecule has 4 heteroatoms. The molecule has 0 amide bonds. The van der Waals surface area contributed by atoms with Crippen molar-refractivity contribution in [2.75, 3.05) is 5.73 Å². The molecule has 0 saturated heterocycles. The molecule has 0 bridgehead atoms. The normalized spacial score (nSPS) is 10.2. The van der Waals surface area contributed by atoms with Crippen molar-refractivity contribution in [1.29, 1.82) is 0 Å². The molecule has 76 valence electrons. The second-order valence-electron chi connectivity index (χ2n) is 3.28. The Labute approximate surface area is 87.4 Å². The molecule has 0 atom stereocenters. The first-order chi connectivity index (χ1) is 7.18. The van der Waals surface area contributed by atoms with E-state index in [0.29, 0.717) is 17.1 Å². The summed E-state index contributed by atoms with van der Waals surface area (Å²) in [5, 5.41) is 0. The van der Waals surface area contributed by atoms with E-state index in [4.69, 9.17) is 5.73 Å². The lowest BCUT2D eigenvalue weighted by molar-refractivity contribution is 0.0957. The molecule has 0 unspecified atom stereocenters. The van der Waals surface area contributed by atoms with Gasteiger partial charge in [0.05, 0.1) is 0 Å². The Hall–Kier alpha value is -2.10. The molecule has 4 nitrogen and oxygen atoms in total. The summed E-state index contributed by atoms with van der Waals surface area (Å²) in [6.07, 6.45) is 3.24. The zero-order chi connectivity index (χ0) is 10.8. The van der Waals surface area contributed by atoms with E-state index in [1.165, 1.54) is 4.57 Å². The molecule has 0 saturated carbocycles. The molecule has 2 N–H and O–H groups in total. The number of aryl methyl sites for hydroxylation is 1. The largest absolute Gasteiger partial charge is 0.399 e. The van der Waals surface area contributed by atoms with Crippen LogP contribution in [0.3, 0.4) is 0 Å². The van der Waals surface area contributed by atoms with Crippen molar-refractivity contribution >= 4 is 11.6 Å². The second-order valence-corrected chi connectivity index (χ2v) is 3.28. The quantitative estimate of drug-likeness (QED) is 0.710. The van der Waals surface area contributed by atoms with Crippen LogP contribution >= 0.6 is 0 Å². The lowest BCUT2D eigenvalue weighted by atomic mass is 10.2. The van der Waals surface area contributed by atoms with Gasteiger partial charge >= 0.3 is 0 Å². The molecule has 0 aliphatic rings. The number of hydrogen-bond donors (Lipinski definition) is 1. The summed E-state index contributed by atoms with van der Waals surface area (Å²) in [5.41, 5.74) is 6.76. The number of nitrogen functional groups attached to an aromatic ring is 1. The van der Waals surface area contributed by atoms with Crippen molar-refractivity contribution in [2.24, 2.45) is 0 Å². The summed E-state index contributed by atoms with van der Waals surface area (Å²) in [5.74, 6) is 0.555. The highest BCUT2D eigenvalue weighted by molar-refractivity contribution is 5.96. The van der Waals surface area contributed by atoms with Gasteiger partial charge in [0.25, 0.3) is 5.91 Å². The number of carbonyl (C=O) groups is 1. The van der Waals surface area contributed by atoms with Crippen molar-refractivity contribution in [2.45, 2.75) is 6.92 Å². The first-order valence-electron chi connectivity index (χ1n) is 4.58. The summed E-state index contributed by atoms with van der Waals surface area (Å²) >= 11 is 0. The summed E-state index contributed by atoms with van der Waals surface area (Å²) < 4.78 is 1.49. The summed E-state index contributed by atoms with van der Waals surface area (Å²) in [7, 11) is 0. The summed E-state index contributed by atoms with van der Waals surface area (Å²) in [4.78, 5) is 15.9. The summed E-state index contributed by atoms with van der Waals surface area (Å²) in [6, 6.07) is 6.90. The van der Waals surface area contributed by atoms with Crippen LogP contribution in [0.4, 0.5) is 5.69 Å². The minimum atomic E-state index is -0.114.